The number of oxime groups is 1. The van der Waals surface area contributed by atoms with E-state index in [0.29, 0.717) is 23.9 Å². The summed E-state index contributed by atoms with van der Waals surface area (Å²) in [5.41, 5.74) is 7.14. The summed E-state index contributed by atoms with van der Waals surface area (Å²) in [5, 5.41) is 12.2. The van der Waals surface area contributed by atoms with Gasteiger partial charge in [-0.15, -0.1) is 0 Å². The van der Waals surface area contributed by atoms with Crippen LogP contribution in [0.5, 0.6) is 0 Å². The number of carbonyl (C=O) groups excluding carboxylic acids is 1. The zero-order valence-corrected chi connectivity index (χ0v) is 11.5. The Balaban J connectivity index is 2.35. The predicted octanol–water partition coefficient (Wildman–Crippen LogP) is 1.90. The van der Waals surface area contributed by atoms with E-state index in [4.69, 9.17) is 15.7 Å². The summed E-state index contributed by atoms with van der Waals surface area (Å²) < 4.78 is 18.5. The van der Waals surface area contributed by atoms with Gasteiger partial charge in [0.25, 0.3) is 0 Å². The highest BCUT2D eigenvalue weighted by Gasteiger charge is 2.14. The molecule has 0 aliphatic carbocycles. The zero-order valence-electron chi connectivity index (χ0n) is 11.5. The molecular weight excluding hydrogens is 277 g/mol. The number of aryl methyl sites for hydroxylation is 1. The molecule has 6 nitrogen and oxygen atoms in total. The lowest BCUT2D eigenvalue weighted by Crippen LogP contribution is -2.14. The molecule has 0 spiro atoms. The van der Waals surface area contributed by atoms with Crippen molar-refractivity contribution in [1.82, 2.24) is 4.98 Å². The smallest absolute Gasteiger partial charge is 0.306 e. The first kappa shape index (κ1) is 14.8. The molecule has 0 aliphatic heterocycles. The van der Waals surface area contributed by atoms with Gasteiger partial charge >= 0.3 is 5.97 Å². The van der Waals surface area contributed by atoms with E-state index in [9.17, 15) is 9.18 Å². The molecule has 0 saturated heterocycles. The third-order valence-corrected chi connectivity index (χ3v) is 3.13. The molecular formula is C14H16FN3O3. The van der Waals surface area contributed by atoms with Crippen molar-refractivity contribution in [3.8, 4) is 0 Å². The van der Waals surface area contributed by atoms with Gasteiger partial charge in [-0.25, -0.2) is 4.39 Å². The number of ether oxygens (including phenoxy) is 1. The molecule has 0 radical (unpaired) electrons. The molecule has 1 aromatic carbocycles. The lowest BCUT2D eigenvalue weighted by molar-refractivity contribution is -0.143. The Bertz CT molecular complexity index is 694. The van der Waals surface area contributed by atoms with Gasteiger partial charge in [-0.1, -0.05) is 5.16 Å². The Morgan fingerprint density at radius 2 is 2.29 bits per heavy atom. The molecule has 0 aliphatic rings. The number of nitrogens with one attached hydrogen (secondary N) is 1. The van der Waals surface area contributed by atoms with Crippen LogP contribution in [0.2, 0.25) is 0 Å². The van der Waals surface area contributed by atoms with Gasteiger partial charge in [0.05, 0.1) is 12.1 Å². The first-order valence-electron chi connectivity index (χ1n) is 6.49. The fourth-order valence-electron chi connectivity index (χ4n) is 2.19. The second kappa shape index (κ2) is 6.25. The number of amidine groups is 1. The van der Waals surface area contributed by atoms with Crippen LogP contribution in [0, 0.1) is 5.82 Å². The number of benzene rings is 1. The number of H-pyrrole nitrogens is 1. The number of nitrogens with zero attached hydrogens (tertiary/aromatic N) is 1. The minimum atomic E-state index is -0.499. The second-order valence-corrected chi connectivity index (χ2v) is 4.48. The number of esters is 1. The standard InChI is InChI=1S/C14H16FN3O3/c1-2-21-12(19)4-3-8-7-17-13-10(8)5-9(15)6-11(13)14(16)18-20/h5-7,17,20H,2-4H2,1H3,(H2,16,18). The lowest BCUT2D eigenvalue weighted by Gasteiger charge is -2.04. The molecule has 0 atom stereocenters. The summed E-state index contributed by atoms with van der Waals surface area (Å²) in [6, 6.07) is 2.53. The summed E-state index contributed by atoms with van der Waals surface area (Å²) in [5.74, 6) is -0.987. The SMILES string of the molecule is CCOC(=O)CCc1c[nH]c2c(C(N)=NO)cc(F)cc12. The highest BCUT2D eigenvalue weighted by atomic mass is 19.1. The zero-order chi connectivity index (χ0) is 15.4. The van der Waals surface area contributed by atoms with E-state index < -0.39 is 5.82 Å². The monoisotopic (exact) mass is 293 g/mol. The molecule has 0 amide bonds. The Hall–Kier alpha value is -2.57. The van der Waals surface area contributed by atoms with E-state index in [-0.39, 0.29) is 23.8 Å². The maximum Gasteiger partial charge on any atom is 0.306 e. The molecule has 112 valence electrons. The first-order valence-corrected chi connectivity index (χ1v) is 6.49. The first-order chi connectivity index (χ1) is 10.1. The fourth-order valence-corrected chi connectivity index (χ4v) is 2.19. The van der Waals surface area contributed by atoms with Crippen LogP contribution in [-0.4, -0.2) is 28.6 Å². The fraction of sp³-hybridized carbons (Fsp3) is 0.286. The van der Waals surface area contributed by atoms with Gasteiger partial charge in [-0.3, -0.25) is 4.79 Å². The summed E-state index contributed by atoms with van der Waals surface area (Å²) >= 11 is 0. The number of hydrogen-bond acceptors (Lipinski definition) is 4. The lowest BCUT2D eigenvalue weighted by atomic mass is 10.0. The summed E-state index contributed by atoms with van der Waals surface area (Å²) in [7, 11) is 0. The molecule has 4 N–H and O–H groups in total. The number of rotatable bonds is 5. The third-order valence-electron chi connectivity index (χ3n) is 3.13. The van der Waals surface area contributed by atoms with Gasteiger partial charge in [0, 0.05) is 23.6 Å². The average Bonchev–Trinajstić information content (AvgIpc) is 2.86. The van der Waals surface area contributed by atoms with Crippen molar-refractivity contribution >= 4 is 22.7 Å². The van der Waals surface area contributed by atoms with Crippen LogP contribution in [0.3, 0.4) is 0 Å². The minimum absolute atomic E-state index is 0.182. The largest absolute Gasteiger partial charge is 0.466 e. The van der Waals surface area contributed by atoms with Crippen LogP contribution >= 0.6 is 0 Å². The third kappa shape index (κ3) is 3.13. The molecule has 21 heavy (non-hydrogen) atoms. The predicted molar refractivity (Wildman–Crippen MR) is 75.7 cm³/mol. The number of nitrogens with two attached hydrogens (primary N) is 1. The van der Waals surface area contributed by atoms with Crippen molar-refractivity contribution < 1.29 is 19.1 Å². The van der Waals surface area contributed by atoms with Gasteiger partial charge < -0.3 is 20.7 Å². The number of hydrogen-bond donors (Lipinski definition) is 3. The van der Waals surface area contributed by atoms with Crippen LogP contribution < -0.4 is 5.73 Å². The van der Waals surface area contributed by atoms with Crippen LogP contribution in [0.4, 0.5) is 4.39 Å². The van der Waals surface area contributed by atoms with E-state index in [1.807, 2.05) is 0 Å². The van der Waals surface area contributed by atoms with E-state index in [1.165, 1.54) is 12.1 Å². The average molecular weight is 293 g/mol. The van der Waals surface area contributed by atoms with Gasteiger partial charge in [-0.05, 0) is 31.0 Å². The van der Waals surface area contributed by atoms with Crippen LogP contribution in [0.25, 0.3) is 10.9 Å². The van der Waals surface area contributed by atoms with Crippen molar-refractivity contribution in [1.29, 1.82) is 0 Å². The van der Waals surface area contributed by atoms with Crippen LogP contribution in [-0.2, 0) is 16.0 Å². The highest BCUT2D eigenvalue weighted by molar-refractivity contribution is 6.08. The maximum atomic E-state index is 13.7. The van der Waals surface area contributed by atoms with Crippen molar-refractivity contribution in [2.45, 2.75) is 19.8 Å². The summed E-state index contributed by atoms with van der Waals surface area (Å²) in [4.78, 5) is 14.3. The quantitative estimate of drug-likeness (QED) is 0.258. The van der Waals surface area contributed by atoms with Crippen molar-refractivity contribution in [3.05, 3.63) is 35.3 Å². The van der Waals surface area contributed by atoms with Gasteiger partial charge in [-0.2, -0.15) is 0 Å². The van der Waals surface area contributed by atoms with Crippen LogP contribution in [0.15, 0.2) is 23.5 Å². The highest BCUT2D eigenvalue weighted by Crippen LogP contribution is 2.24. The Morgan fingerprint density at radius 3 is 2.95 bits per heavy atom. The number of carbonyl (C=O) groups is 1. The van der Waals surface area contributed by atoms with Gasteiger partial charge in [0.15, 0.2) is 5.84 Å². The maximum absolute atomic E-state index is 13.7. The number of fused-ring (bicyclic) bond motifs is 1. The van der Waals surface area contributed by atoms with E-state index >= 15 is 0 Å². The van der Waals surface area contributed by atoms with E-state index in [1.54, 1.807) is 13.1 Å². The van der Waals surface area contributed by atoms with Gasteiger partial charge in [0.1, 0.15) is 5.82 Å². The summed E-state index contributed by atoms with van der Waals surface area (Å²) in [6.07, 6.45) is 2.30. The molecule has 1 aromatic heterocycles. The molecule has 0 saturated carbocycles. The number of aromatic amines is 1. The normalized spacial score (nSPS) is 11.8. The number of aromatic nitrogens is 1. The van der Waals surface area contributed by atoms with Crippen LogP contribution in [0.1, 0.15) is 24.5 Å². The molecule has 2 rings (SSSR count). The number of halogens is 1. The van der Waals surface area contributed by atoms with E-state index in [2.05, 4.69) is 10.1 Å². The Labute approximate surface area is 120 Å². The minimum Gasteiger partial charge on any atom is -0.466 e. The summed E-state index contributed by atoms with van der Waals surface area (Å²) in [6.45, 7) is 2.07. The molecule has 0 unspecified atom stereocenters. The topological polar surface area (TPSA) is 101 Å². The van der Waals surface area contributed by atoms with Crippen molar-refractivity contribution in [2.75, 3.05) is 6.61 Å². The van der Waals surface area contributed by atoms with Crippen molar-refractivity contribution in [2.24, 2.45) is 10.9 Å². The van der Waals surface area contributed by atoms with E-state index in [0.717, 1.165) is 5.56 Å². The second-order valence-electron chi connectivity index (χ2n) is 4.48. The molecule has 1 heterocycles. The molecule has 0 fully saturated rings. The van der Waals surface area contributed by atoms with Crippen molar-refractivity contribution in [3.63, 3.8) is 0 Å². The molecule has 0 bridgehead atoms. The Kier molecular flexibility index (Phi) is 4.42. The Morgan fingerprint density at radius 1 is 1.52 bits per heavy atom. The molecule has 2 aromatic rings. The van der Waals surface area contributed by atoms with Gasteiger partial charge in [0.2, 0.25) is 0 Å². The molecule has 7 heteroatoms.